The number of benzene rings is 3. The van der Waals surface area contributed by atoms with Crippen LogP contribution in [-0.4, -0.2) is 4.98 Å². The first-order valence-electron chi connectivity index (χ1n) is 10.1. The van der Waals surface area contributed by atoms with E-state index in [9.17, 15) is 0 Å². The lowest BCUT2D eigenvalue weighted by molar-refractivity contribution is -0.576. The molecule has 0 radical (unpaired) electrons. The zero-order valence-corrected chi connectivity index (χ0v) is 16.5. The highest BCUT2D eigenvalue weighted by atomic mass is 15.1. The summed E-state index contributed by atoms with van der Waals surface area (Å²) in [7, 11) is 0. The molecule has 0 spiro atoms. The first-order chi connectivity index (χ1) is 14.9. The van der Waals surface area contributed by atoms with Gasteiger partial charge in [-0.1, -0.05) is 97.1 Å². The number of hydrogen-bond acceptors (Lipinski definition) is 1. The number of rotatable bonds is 4. The fourth-order valence-electron chi connectivity index (χ4n) is 3.77. The molecule has 5 aromatic rings. The lowest BCUT2D eigenvalue weighted by atomic mass is 9.99. The fraction of sp³-hybridized carbons (Fsp3) is 0. The molecule has 2 heteroatoms. The summed E-state index contributed by atoms with van der Waals surface area (Å²) in [6.45, 7) is 0. The minimum Gasteiger partial charge on any atom is -0.189 e. The van der Waals surface area contributed by atoms with Gasteiger partial charge in [0.1, 0.15) is 17.6 Å². The molecule has 0 N–H and O–H groups in total. The third-order valence-electron chi connectivity index (χ3n) is 5.19. The molecule has 30 heavy (non-hydrogen) atoms. The highest BCUT2D eigenvalue weighted by Gasteiger charge is 2.22. The number of pyridine rings is 2. The SMILES string of the molecule is c1ccc(-c2cc(-c3ccccc3)[n+](-c3ccccn3)c(-c3ccccc3)c2)cc1. The second-order valence-electron chi connectivity index (χ2n) is 7.14. The van der Waals surface area contributed by atoms with Crippen molar-refractivity contribution in [1.82, 2.24) is 4.98 Å². The van der Waals surface area contributed by atoms with Crippen LogP contribution in [0.4, 0.5) is 0 Å². The molecule has 0 saturated heterocycles. The lowest BCUT2D eigenvalue weighted by Crippen LogP contribution is -2.37. The van der Waals surface area contributed by atoms with Gasteiger partial charge in [0, 0.05) is 17.2 Å². The van der Waals surface area contributed by atoms with Gasteiger partial charge in [0.05, 0.1) is 0 Å². The van der Waals surface area contributed by atoms with Crippen LogP contribution in [-0.2, 0) is 0 Å². The van der Waals surface area contributed by atoms with E-state index in [0.717, 1.165) is 28.3 Å². The van der Waals surface area contributed by atoms with Crippen molar-refractivity contribution in [3.63, 3.8) is 0 Å². The number of aromatic nitrogens is 2. The molecule has 0 aliphatic heterocycles. The summed E-state index contributed by atoms with van der Waals surface area (Å²) in [6.07, 6.45) is 1.84. The minimum atomic E-state index is 0.898. The van der Waals surface area contributed by atoms with Crippen molar-refractivity contribution in [2.24, 2.45) is 0 Å². The third kappa shape index (κ3) is 3.51. The zero-order valence-electron chi connectivity index (χ0n) is 16.5. The smallest absolute Gasteiger partial charge is 0.189 e. The first-order valence-corrected chi connectivity index (χ1v) is 10.1. The molecule has 0 bridgehead atoms. The van der Waals surface area contributed by atoms with E-state index in [-0.39, 0.29) is 0 Å². The van der Waals surface area contributed by atoms with E-state index in [0.29, 0.717) is 0 Å². The molecule has 0 amide bonds. The highest BCUT2D eigenvalue weighted by Crippen LogP contribution is 2.30. The molecule has 5 rings (SSSR count). The van der Waals surface area contributed by atoms with Crippen LogP contribution in [0.1, 0.15) is 0 Å². The summed E-state index contributed by atoms with van der Waals surface area (Å²) in [5, 5.41) is 0. The summed E-state index contributed by atoms with van der Waals surface area (Å²) >= 11 is 0. The van der Waals surface area contributed by atoms with Crippen molar-refractivity contribution < 1.29 is 4.57 Å². The summed E-state index contributed by atoms with van der Waals surface area (Å²) < 4.78 is 2.25. The Kier molecular flexibility index (Phi) is 4.89. The Balaban J connectivity index is 1.88. The maximum absolute atomic E-state index is 4.69. The molecule has 2 heterocycles. The van der Waals surface area contributed by atoms with Gasteiger partial charge >= 0.3 is 5.82 Å². The molecule has 3 aromatic carbocycles. The summed E-state index contributed by atoms with van der Waals surface area (Å²) in [6, 6.07) is 42.1. The molecule has 0 atom stereocenters. The molecule has 0 fully saturated rings. The van der Waals surface area contributed by atoms with Crippen LogP contribution in [0.3, 0.4) is 0 Å². The number of nitrogens with zero attached hydrogens (tertiary/aromatic N) is 2. The van der Waals surface area contributed by atoms with Gasteiger partial charge in [0.25, 0.3) is 0 Å². The Labute approximate surface area is 176 Å². The topological polar surface area (TPSA) is 16.8 Å². The van der Waals surface area contributed by atoms with Crippen LogP contribution >= 0.6 is 0 Å². The van der Waals surface area contributed by atoms with Crippen LogP contribution in [0.2, 0.25) is 0 Å². The highest BCUT2D eigenvalue weighted by molar-refractivity contribution is 5.74. The normalized spacial score (nSPS) is 10.7. The molecule has 0 aliphatic carbocycles. The van der Waals surface area contributed by atoms with Gasteiger partial charge in [-0.2, -0.15) is 4.57 Å². The van der Waals surface area contributed by atoms with Gasteiger partial charge in [-0.3, -0.25) is 0 Å². The molecular formula is C28H21N2+. The summed E-state index contributed by atoms with van der Waals surface area (Å²) in [5.41, 5.74) is 6.89. The Morgan fingerprint density at radius 3 is 1.37 bits per heavy atom. The second kappa shape index (κ2) is 8.14. The van der Waals surface area contributed by atoms with E-state index in [1.165, 1.54) is 11.1 Å². The lowest BCUT2D eigenvalue weighted by Gasteiger charge is -2.14. The summed E-state index contributed by atoms with van der Waals surface area (Å²) in [5.74, 6) is 0.898. The fourth-order valence-corrected chi connectivity index (χ4v) is 3.77. The quantitative estimate of drug-likeness (QED) is 0.329. The largest absolute Gasteiger partial charge is 0.328 e. The van der Waals surface area contributed by atoms with E-state index in [4.69, 9.17) is 0 Å². The number of hydrogen-bond donors (Lipinski definition) is 0. The molecule has 142 valence electrons. The van der Waals surface area contributed by atoms with E-state index in [2.05, 4.69) is 107 Å². The Bertz CT molecular complexity index is 1190. The van der Waals surface area contributed by atoms with Crippen molar-refractivity contribution in [3.8, 4) is 39.5 Å². The molecule has 0 unspecified atom stereocenters. The van der Waals surface area contributed by atoms with Gasteiger partial charge < -0.3 is 0 Å². The Morgan fingerprint density at radius 1 is 0.433 bits per heavy atom. The van der Waals surface area contributed by atoms with Crippen molar-refractivity contribution in [2.45, 2.75) is 0 Å². The molecule has 2 nitrogen and oxygen atoms in total. The predicted octanol–water partition coefficient (Wildman–Crippen LogP) is 6.36. The zero-order chi connectivity index (χ0) is 20.2. The predicted molar refractivity (Wildman–Crippen MR) is 122 cm³/mol. The van der Waals surface area contributed by atoms with E-state index < -0.39 is 0 Å². The maximum Gasteiger partial charge on any atom is 0.328 e. The van der Waals surface area contributed by atoms with Crippen molar-refractivity contribution in [3.05, 3.63) is 128 Å². The van der Waals surface area contributed by atoms with Crippen molar-refractivity contribution in [2.75, 3.05) is 0 Å². The van der Waals surface area contributed by atoms with E-state index >= 15 is 0 Å². The first kappa shape index (κ1) is 18.0. The Hall–Kier alpha value is -4.04. The monoisotopic (exact) mass is 385 g/mol. The van der Waals surface area contributed by atoms with Crippen LogP contribution in [0, 0.1) is 0 Å². The molecular weight excluding hydrogens is 364 g/mol. The van der Waals surface area contributed by atoms with Crippen LogP contribution in [0.25, 0.3) is 39.5 Å². The van der Waals surface area contributed by atoms with Crippen LogP contribution in [0.15, 0.2) is 128 Å². The van der Waals surface area contributed by atoms with Gasteiger partial charge in [-0.15, -0.1) is 0 Å². The van der Waals surface area contributed by atoms with E-state index in [1.807, 2.05) is 30.5 Å². The Morgan fingerprint density at radius 2 is 0.900 bits per heavy atom. The van der Waals surface area contributed by atoms with Gasteiger partial charge in [0.2, 0.25) is 0 Å². The van der Waals surface area contributed by atoms with Gasteiger partial charge in [0.15, 0.2) is 0 Å². The van der Waals surface area contributed by atoms with Crippen LogP contribution in [0.5, 0.6) is 0 Å². The van der Waals surface area contributed by atoms with Crippen molar-refractivity contribution >= 4 is 0 Å². The molecule has 0 aliphatic rings. The van der Waals surface area contributed by atoms with Crippen molar-refractivity contribution in [1.29, 1.82) is 0 Å². The third-order valence-corrected chi connectivity index (χ3v) is 5.19. The van der Waals surface area contributed by atoms with Gasteiger partial charge in [-0.05, 0) is 34.3 Å². The average Bonchev–Trinajstić information content (AvgIpc) is 2.85. The standard InChI is InChI=1S/C28H21N2/c1-4-12-22(13-5-1)25-20-26(23-14-6-2-7-15-23)30(28-18-10-11-19-29-28)27(21-25)24-16-8-3-9-17-24/h1-21H/q+1. The minimum absolute atomic E-state index is 0.898. The summed E-state index contributed by atoms with van der Waals surface area (Å²) in [4.78, 5) is 4.69. The van der Waals surface area contributed by atoms with E-state index in [1.54, 1.807) is 0 Å². The maximum atomic E-state index is 4.69. The second-order valence-corrected chi connectivity index (χ2v) is 7.14. The average molecular weight is 385 g/mol. The van der Waals surface area contributed by atoms with Crippen LogP contribution < -0.4 is 4.57 Å². The van der Waals surface area contributed by atoms with Gasteiger partial charge in [-0.25, -0.2) is 0 Å². The molecule has 2 aromatic heterocycles. The molecule has 0 saturated carbocycles.